The third-order valence-corrected chi connectivity index (χ3v) is 6.22. The number of carbonyl (C=O) groups is 2. The van der Waals surface area contributed by atoms with Crippen molar-refractivity contribution in [2.75, 3.05) is 14.1 Å². The maximum Gasteiger partial charge on any atom is 0.238 e. The summed E-state index contributed by atoms with van der Waals surface area (Å²) in [5, 5.41) is 9.32. The Kier molecular flexibility index (Phi) is 4.72. The highest BCUT2D eigenvalue weighted by Crippen LogP contribution is 2.54. The Bertz CT molecular complexity index is 722. The maximum absolute atomic E-state index is 13.0. The molecule has 1 heterocycles. The van der Waals surface area contributed by atoms with Crippen molar-refractivity contribution in [2.45, 2.75) is 63.3 Å². The molecule has 0 radical (unpaired) electrons. The lowest BCUT2D eigenvalue weighted by atomic mass is 9.90. The summed E-state index contributed by atoms with van der Waals surface area (Å²) >= 11 is 0. The minimum absolute atomic E-state index is 0.0113. The highest BCUT2D eigenvalue weighted by atomic mass is 16.2. The van der Waals surface area contributed by atoms with Crippen molar-refractivity contribution in [3.05, 3.63) is 35.4 Å². The van der Waals surface area contributed by atoms with Crippen LogP contribution in [0.15, 0.2) is 24.3 Å². The summed E-state index contributed by atoms with van der Waals surface area (Å²) in [7, 11) is 3.74. The molecule has 1 saturated heterocycles. The molecular weight excluding hydrogens is 340 g/mol. The van der Waals surface area contributed by atoms with Crippen LogP contribution >= 0.6 is 0 Å². The van der Waals surface area contributed by atoms with Gasteiger partial charge in [0, 0.05) is 0 Å². The average Bonchev–Trinajstić information content (AvgIpc) is 3.56. The van der Waals surface area contributed by atoms with Crippen LogP contribution in [-0.2, 0) is 9.59 Å². The zero-order valence-corrected chi connectivity index (χ0v) is 16.4. The number of nitrogens with zero attached hydrogens (tertiary/aromatic N) is 1. The number of rotatable bonds is 6. The van der Waals surface area contributed by atoms with E-state index in [1.54, 1.807) is 0 Å². The summed E-state index contributed by atoms with van der Waals surface area (Å²) in [4.78, 5) is 26.8. The van der Waals surface area contributed by atoms with E-state index in [1.807, 2.05) is 19.0 Å². The van der Waals surface area contributed by atoms with Crippen LogP contribution in [0.5, 0.6) is 0 Å². The van der Waals surface area contributed by atoms with Gasteiger partial charge in [0.15, 0.2) is 0 Å². The van der Waals surface area contributed by atoms with Crippen molar-refractivity contribution in [1.29, 1.82) is 0 Å². The minimum atomic E-state index is -0.512. The topological polar surface area (TPSA) is 73.5 Å². The molecule has 1 aromatic carbocycles. The Morgan fingerprint density at radius 3 is 2.44 bits per heavy atom. The van der Waals surface area contributed by atoms with Crippen LogP contribution in [-0.4, -0.2) is 43.1 Å². The predicted octanol–water partition coefficient (Wildman–Crippen LogP) is 1.84. The van der Waals surface area contributed by atoms with Crippen LogP contribution in [0, 0.1) is 5.41 Å². The predicted molar refractivity (Wildman–Crippen MR) is 104 cm³/mol. The number of carbonyl (C=O) groups excluding carboxylic acids is 2. The van der Waals surface area contributed by atoms with E-state index in [0.717, 1.165) is 24.3 Å². The molecule has 3 aliphatic rings. The SMILES string of the molecule is CN(C)C1NC(=O)CC(C(=O)N[C@@H](c2ccc(C3CC3)cc2)C2(C)CC2)N1. The van der Waals surface area contributed by atoms with Crippen LogP contribution in [0.4, 0.5) is 0 Å². The van der Waals surface area contributed by atoms with Gasteiger partial charge in [-0.15, -0.1) is 0 Å². The van der Waals surface area contributed by atoms with Crippen molar-refractivity contribution in [1.82, 2.24) is 20.9 Å². The van der Waals surface area contributed by atoms with Crippen LogP contribution in [0.3, 0.4) is 0 Å². The van der Waals surface area contributed by atoms with Gasteiger partial charge in [0.1, 0.15) is 6.29 Å². The smallest absolute Gasteiger partial charge is 0.238 e. The number of amides is 2. The molecule has 1 aromatic rings. The highest BCUT2D eigenvalue weighted by Gasteiger charge is 2.47. The van der Waals surface area contributed by atoms with Crippen molar-refractivity contribution in [3.8, 4) is 0 Å². The van der Waals surface area contributed by atoms with Gasteiger partial charge in [-0.1, -0.05) is 31.2 Å². The van der Waals surface area contributed by atoms with Gasteiger partial charge in [0.2, 0.25) is 11.8 Å². The van der Waals surface area contributed by atoms with Crippen molar-refractivity contribution < 1.29 is 9.59 Å². The fourth-order valence-corrected chi connectivity index (χ4v) is 3.90. The van der Waals surface area contributed by atoms with Crippen molar-refractivity contribution in [2.24, 2.45) is 5.41 Å². The summed E-state index contributed by atoms with van der Waals surface area (Å²) in [5.41, 5.74) is 2.68. The molecule has 27 heavy (non-hydrogen) atoms. The molecule has 0 bridgehead atoms. The van der Waals surface area contributed by atoms with Gasteiger partial charge in [-0.25, -0.2) is 0 Å². The Morgan fingerprint density at radius 1 is 1.22 bits per heavy atom. The molecule has 2 unspecified atom stereocenters. The van der Waals surface area contributed by atoms with Gasteiger partial charge < -0.3 is 10.6 Å². The normalized spacial score (nSPS) is 27.8. The second-order valence-electron chi connectivity index (χ2n) is 8.89. The molecule has 2 amide bonds. The second-order valence-corrected chi connectivity index (χ2v) is 8.89. The molecule has 6 heteroatoms. The summed E-state index contributed by atoms with van der Waals surface area (Å²) in [6, 6.07) is 8.25. The Hall–Kier alpha value is -1.92. The van der Waals surface area contributed by atoms with E-state index in [1.165, 1.54) is 18.4 Å². The first kappa shape index (κ1) is 18.4. The first-order chi connectivity index (χ1) is 12.9. The molecule has 2 saturated carbocycles. The molecule has 146 valence electrons. The lowest BCUT2D eigenvalue weighted by Crippen LogP contribution is -2.65. The number of hydrogen-bond donors (Lipinski definition) is 3. The van der Waals surface area contributed by atoms with Gasteiger partial charge in [-0.3, -0.25) is 19.8 Å². The summed E-state index contributed by atoms with van der Waals surface area (Å²) in [6.07, 6.45) is 4.65. The molecule has 2 aliphatic carbocycles. The van der Waals surface area contributed by atoms with E-state index >= 15 is 0 Å². The van der Waals surface area contributed by atoms with Crippen molar-refractivity contribution >= 4 is 11.8 Å². The quantitative estimate of drug-likeness (QED) is 0.714. The number of hydrogen-bond acceptors (Lipinski definition) is 4. The first-order valence-electron chi connectivity index (χ1n) is 9.98. The van der Waals surface area contributed by atoms with Crippen LogP contribution < -0.4 is 16.0 Å². The van der Waals surface area contributed by atoms with E-state index in [0.29, 0.717) is 0 Å². The molecule has 0 spiro atoms. The summed E-state index contributed by atoms with van der Waals surface area (Å²) < 4.78 is 0. The molecule has 0 aromatic heterocycles. The molecule has 4 rings (SSSR count). The minimum Gasteiger partial charge on any atom is -0.347 e. The standard InChI is InChI=1S/C21H30N4O2/c1-21(10-11-21)18(15-8-6-14(7-9-15)13-4-5-13)24-19(27)16-12-17(26)23-20(22-16)25(2)3/h6-9,13,16,18,20,22H,4-5,10-12H2,1-3H3,(H,23,26)(H,24,27)/t16?,18-,20?/m0/s1. The van der Waals surface area contributed by atoms with Crippen LogP contribution in [0.1, 0.15) is 62.1 Å². The summed E-state index contributed by atoms with van der Waals surface area (Å²) in [5.74, 6) is 0.535. The van der Waals surface area contributed by atoms with Crippen LogP contribution in [0.25, 0.3) is 0 Å². The molecule has 3 N–H and O–H groups in total. The lowest BCUT2D eigenvalue weighted by Gasteiger charge is -2.36. The van der Waals surface area contributed by atoms with E-state index in [2.05, 4.69) is 47.1 Å². The second kappa shape index (κ2) is 6.91. The first-order valence-corrected chi connectivity index (χ1v) is 9.98. The van der Waals surface area contributed by atoms with Crippen molar-refractivity contribution in [3.63, 3.8) is 0 Å². The molecule has 3 atom stereocenters. The van der Waals surface area contributed by atoms with Gasteiger partial charge >= 0.3 is 0 Å². The Morgan fingerprint density at radius 2 is 1.89 bits per heavy atom. The van der Waals surface area contributed by atoms with Gasteiger partial charge in [-0.2, -0.15) is 0 Å². The van der Waals surface area contributed by atoms with Gasteiger partial charge in [0.05, 0.1) is 18.5 Å². The fourth-order valence-electron chi connectivity index (χ4n) is 3.90. The number of benzene rings is 1. The zero-order chi connectivity index (χ0) is 19.2. The lowest BCUT2D eigenvalue weighted by molar-refractivity contribution is -0.134. The highest BCUT2D eigenvalue weighted by molar-refractivity contribution is 5.89. The van der Waals surface area contributed by atoms with Crippen LogP contribution in [0.2, 0.25) is 0 Å². The monoisotopic (exact) mass is 370 g/mol. The zero-order valence-electron chi connectivity index (χ0n) is 16.4. The molecule has 3 fully saturated rings. The maximum atomic E-state index is 13.0. The van der Waals surface area contributed by atoms with E-state index in [4.69, 9.17) is 0 Å². The third kappa shape index (κ3) is 4.01. The third-order valence-electron chi connectivity index (χ3n) is 6.22. The molecule has 6 nitrogen and oxygen atoms in total. The van der Waals surface area contributed by atoms with E-state index < -0.39 is 6.04 Å². The molecule has 1 aliphatic heterocycles. The molecular formula is C21H30N4O2. The largest absolute Gasteiger partial charge is 0.347 e. The van der Waals surface area contributed by atoms with Gasteiger partial charge in [-0.05, 0) is 62.2 Å². The average molecular weight is 370 g/mol. The summed E-state index contributed by atoms with van der Waals surface area (Å²) in [6.45, 7) is 2.23. The fraction of sp³-hybridized carbons (Fsp3) is 0.619. The number of nitrogens with one attached hydrogen (secondary N) is 3. The Balaban J connectivity index is 1.48. The Labute approximate surface area is 161 Å². The van der Waals surface area contributed by atoms with E-state index in [-0.39, 0.29) is 36.0 Å². The van der Waals surface area contributed by atoms with Gasteiger partial charge in [0.25, 0.3) is 0 Å². The van der Waals surface area contributed by atoms with E-state index in [9.17, 15) is 9.59 Å².